The largest absolute Gasteiger partial charge is 0.390 e. The number of imidazole rings is 1. The lowest BCUT2D eigenvalue weighted by Crippen LogP contribution is -2.16. The van der Waals surface area contributed by atoms with Crippen molar-refractivity contribution in [3.05, 3.63) is 27.8 Å². The highest BCUT2D eigenvalue weighted by atomic mass is 32.2. The molecule has 0 radical (unpaired) electrons. The molecule has 0 bridgehead atoms. The van der Waals surface area contributed by atoms with Crippen molar-refractivity contribution in [2.45, 2.75) is 35.7 Å². The molecule has 3 aromatic heterocycles. The minimum Gasteiger partial charge on any atom is -0.390 e. The van der Waals surface area contributed by atoms with Gasteiger partial charge in [0.15, 0.2) is 10.1 Å². The molecule has 0 spiro atoms. The minimum absolute atomic E-state index is 0.0989. The molecule has 4 rings (SSSR count). The van der Waals surface area contributed by atoms with Crippen molar-refractivity contribution in [2.24, 2.45) is 0 Å². The Labute approximate surface area is 121 Å². The molecule has 2 N–H and O–H groups in total. The standard InChI is InChI=1S/C11H11N5O2S2/c17-5-7-8(12-10-15(7)3-4-19-10)20-11-14-13-9(18)16(11)6-1-2-6/h3-4,6,17H,1-2,5H2,(H,13,18). The van der Waals surface area contributed by atoms with Gasteiger partial charge in [0.05, 0.1) is 12.3 Å². The fourth-order valence-corrected chi connectivity index (χ4v) is 3.94. The molecule has 1 saturated carbocycles. The number of thiazole rings is 1. The maximum absolute atomic E-state index is 11.7. The van der Waals surface area contributed by atoms with Gasteiger partial charge in [0.2, 0.25) is 0 Å². The molecule has 0 aromatic carbocycles. The second-order valence-corrected chi connectivity index (χ2v) is 6.42. The number of H-pyrrole nitrogens is 1. The fraction of sp³-hybridized carbons (Fsp3) is 0.364. The summed E-state index contributed by atoms with van der Waals surface area (Å²) < 4.78 is 3.54. The topological polar surface area (TPSA) is 88.2 Å². The van der Waals surface area contributed by atoms with Crippen molar-refractivity contribution < 1.29 is 5.11 Å². The Balaban J connectivity index is 1.77. The molecule has 3 aromatic rings. The monoisotopic (exact) mass is 309 g/mol. The zero-order valence-electron chi connectivity index (χ0n) is 10.3. The Morgan fingerprint density at radius 1 is 1.55 bits per heavy atom. The number of aromatic amines is 1. The first-order valence-corrected chi connectivity index (χ1v) is 7.87. The quantitative estimate of drug-likeness (QED) is 0.757. The lowest BCUT2D eigenvalue weighted by molar-refractivity contribution is 0.272. The van der Waals surface area contributed by atoms with Crippen LogP contribution in [-0.2, 0) is 6.61 Å². The molecule has 9 heteroatoms. The van der Waals surface area contributed by atoms with E-state index in [0.29, 0.717) is 10.2 Å². The van der Waals surface area contributed by atoms with E-state index in [1.807, 2.05) is 16.0 Å². The minimum atomic E-state index is -0.179. The van der Waals surface area contributed by atoms with Crippen molar-refractivity contribution in [1.82, 2.24) is 24.1 Å². The van der Waals surface area contributed by atoms with Crippen LogP contribution in [0.25, 0.3) is 4.96 Å². The van der Waals surface area contributed by atoms with Gasteiger partial charge in [0.1, 0.15) is 5.03 Å². The third kappa shape index (κ3) is 1.81. The van der Waals surface area contributed by atoms with E-state index in [9.17, 15) is 9.90 Å². The lowest BCUT2D eigenvalue weighted by Gasteiger charge is -2.02. The van der Waals surface area contributed by atoms with Gasteiger partial charge in [-0.2, -0.15) is 0 Å². The first-order chi connectivity index (χ1) is 9.78. The number of aliphatic hydroxyl groups is 1. The van der Waals surface area contributed by atoms with E-state index >= 15 is 0 Å². The SMILES string of the molecule is O=c1[nH]nc(Sc2nc3sccn3c2CO)n1C1CC1. The lowest BCUT2D eigenvalue weighted by atomic mass is 10.5. The average molecular weight is 309 g/mol. The molecule has 0 aliphatic heterocycles. The molecule has 0 atom stereocenters. The van der Waals surface area contributed by atoms with Gasteiger partial charge in [0, 0.05) is 17.6 Å². The van der Waals surface area contributed by atoms with Crippen molar-refractivity contribution in [1.29, 1.82) is 0 Å². The molecule has 0 unspecified atom stereocenters. The first-order valence-electron chi connectivity index (χ1n) is 6.18. The molecular weight excluding hydrogens is 298 g/mol. The summed E-state index contributed by atoms with van der Waals surface area (Å²) in [6.07, 6.45) is 3.90. The average Bonchev–Trinajstić information content (AvgIpc) is 2.90. The highest BCUT2D eigenvalue weighted by Gasteiger charge is 2.29. The Morgan fingerprint density at radius 2 is 2.40 bits per heavy atom. The zero-order chi connectivity index (χ0) is 13.7. The van der Waals surface area contributed by atoms with Crippen LogP contribution in [0.2, 0.25) is 0 Å². The molecule has 7 nitrogen and oxygen atoms in total. The summed E-state index contributed by atoms with van der Waals surface area (Å²) in [6.45, 7) is -0.0989. The van der Waals surface area contributed by atoms with Crippen LogP contribution in [-0.4, -0.2) is 29.3 Å². The molecule has 20 heavy (non-hydrogen) atoms. The van der Waals surface area contributed by atoms with E-state index in [0.717, 1.165) is 23.5 Å². The number of fused-ring (bicyclic) bond motifs is 1. The van der Waals surface area contributed by atoms with E-state index < -0.39 is 0 Å². The maximum atomic E-state index is 11.7. The summed E-state index contributed by atoms with van der Waals surface area (Å²) in [4.78, 5) is 17.1. The predicted molar refractivity (Wildman–Crippen MR) is 74.2 cm³/mol. The normalized spacial score (nSPS) is 15.2. The molecule has 1 fully saturated rings. The van der Waals surface area contributed by atoms with Crippen LogP contribution in [0.4, 0.5) is 0 Å². The van der Waals surface area contributed by atoms with Crippen LogP contribution in [0, 0.1) is 0 Å². The number of nitrogens with one attached hydrogen (secondary N) is 1. The van der Waals surface area contributed by atoms with E-state index in [1.54, 1.807) is 4.57 Å². The first kappa shape index (κ1) is 12.2. The highest BCUT2D eigenvalue weighted by molar-refractivity contribution is 7.99. The number of nitrogens with zero attached hydrogens (tertiary/aromatic N) is 4. The summed E-state index contributed by atoms with van der Waals surface area (Å²) in [6, 6.07) is 0.255. The van der Waals surface area contributed by atoms with E-state index in [2.05, 4.69) is 15.2 Å². The Hall–Kier alpha value is -1.58. The third-order valence-electron chi connectivity index (χ3n) is 3.25. The van der Waals surface area contributed by atoms with Gasteiger partial charge < -0.3 is 5.11 Å². The predicted octanol–water partition coefficient (Wildman–Crippen LogP) is 1.26. The summed E-state index contributed by atoms with van der Waals surface area (Å²) in [5.74, 6) is 0. The van der Waals surface area contributed by atoms with Crippen LogP contribution >= 0.6 is 23.1 Å². The highest BCUT2D eigenvalue weighted by Crippen LogP contribution is 2.38. The van der Waals surface area contributed by atoms with Crippen LogP contribution in [0.5, 0.6) is 0 Å². The van der Waals surface area contributed by atoms with Crippen molar-refractivity contribution >= 4 is 28.1 Å². The van der Waals surface area contributed by atoms with Gasteiger partial charge >= 0.3 is 5.69 Å². The molecule has 0 saturated heterocycles. The summed E-state index contributed by atoms with van der Waals surface area (Å²) in [5.41, 5.74) is 0.547. The van der Waals surface area contributed by atoms with Crippen molar-refractivity contribution in [3.63, 3.8) is 0 Å². The summed E-state index contributed by atoms with van der Waals surface area (Å²) in [5, 5.41) is 19.3. The Bertz CT molecular complexity index is 825. The van der Waals surface area contributed by atoms with Crippen LogP contribution in [0.15, 0.2) is 26.6 Å². The van der Waals surface area contributed by atoms with Gasteiger partial charge in [-0.05, 0) is 24.6 Å². The van der Waals surface area contributed by atoms with Gasteiger partial charge in [-0.15, -0.1) is 16.4 Å². The number of rotatable bonds is 4. The maximum Gasteiger partial charge on any atom is 0.344 e. The van der Waals surface area contributed by atoms with Crippen LogP contribution < -0.4 is 5.69 Å². The van der Waals surface area contributed by atoms with Gasteiger partial charge in [-0.25, -0.2) is 14.9 Å². The molecule has 3 heterocycles. The summed E-state index contributed by atoms with van der Waals surface area (Å²) >= 11 is 2.83. The second-order valence-electron chi connectivity index (χ2n) is 4.59. The number of hydrogen-bond donors (Lipinski definition) is 2. The van der Waals surface area contributed by atoms with Crippen molar-refractivity contribution in [3.8, 4) is 0 Å². The van der Waals surface area contributed by atoms with E-state index in [1.165, 1.54) is 23.1 Å². The van der Waals surface area contributed by atoms with Crippen LogP contribution in [0.1, 0.15) is 24.6 Å². The van der Waals surface area contributed by atoms with Gasteiger partial charge in [0.25, 0.3) is 0 Å². The van der Waals surface area contributed by atoms with Gasteiger partial charge in [-0.1, -0.05) is 0 Å². The smallest absolute Gasteiger partial charge is 0.344 e. The number of aliphatic hydroxyl groups excluding tert-OH is 1. The number of aromatic nitrogens is 5. The number of hydrogen-bond acceptors (Lipinski definition) is 6. The Kier molecular flexibility index (Phi) is 2.72. The van der Waals surface area contributed by atoms with Crippen LogP contribution in [0.3, 0.4) is 0 Å². The van der Waals surface area contributed by atoms with E-state index in [4.69, 9.17) is 0 Å². The second kappa shape index (κ2) is 4.47. The third-order valence-corrected chi connectivity index (χ3v) is 4.99. The molecule has 104 valence electrons. The van der Waals surface area contributed by atoms with Gasteiger partial charge in [-0.3, -0.25) is 8.97 Å². The molecular formula is C11H11N5O2S2. The molecule has 1 aliphatic carbocycles. The Morgan fingerprint density at radius 3 is 3.15 bits per heavy atom. The zero-order valence-corrected chi connectivity index (χ0v) is 11.9. The summed E-state index contributed by atoms with van der Waals surface area (Å²) in [7, 11) is 0. The van der Waals surface area contributed by atoms with E-state index in [-0.39, 0.29) is 18.3 Å². The fourth-order valence-electron chi connectivity index (χ4n) is 2.14. The molecule has 1 aliphatic rings. The molecule has 0 amide bonds. The van der Waals surface area contributed by atoms with Crippen molar-refractivity contribution in [2.75, 3.05) is 0 Å².